The number of benzene rings is 3. The largest absolute Gasteiger partial charge is 0.507 e. The first-order valence-electron chi connectivity index (χ1n) is 9.90. The molecule has 1 saturated heterocycles. The van der Waals surface area contributed by atoms with Crippen molar-refractivity contribution in [1.29, 1.82) is 0 Å². The highest BCUT2D eigenvalue weighted by Crippen LogP contribution is 2.43. The van der Waals surface area contributed by atoms with Crippen molar-refractivity contribution in [2.45, 2.75) is 6.04 Å². The first-order valence-corrected chi connectivity index (χ1v) is 9.90. The van der Waals surface area contributed by atoms with Gasteiger partial charge in [0.2, 0.25) is 0 Å². The maximum Gasteiger partial charge on any atom is 0.300 e. The van der Waals surface area contributed by atoms with Crippen molar-refractivity contribution in [1.82, 2.24) is 0 Å². The molecule has 1 heterocycles. The summed E-state index contributed by atoms with van der Waals surface area (Å²) in [6.45, 7) is 0. The summed E-state index contributed by atoms with van der Waals surface area (Å²) in [6, 6.07) is 14.0. The molecule has 1 atom stereocenters. The van der Waals surface area contributed by atoms with Gasteiger partial charge in [-0.05, 0) is 60.2 Å². The molecule has 0 spiro atoms. The second kappa shape index (κ2) is 8.74. The summed E-state index contributed by atoms with van der Waals surface area (Å²) < 4.78 is 37.9. The van der Waals surface area contributed by atoms with Crippen LogP contribution in [0.15, 0.2) is 72.3 Å². The van der Waals surface area contributed by atoms with Gasteiger partial charge in [0.05, 0.1) is 31.4 Å². The molecule has 1 unspecified atom stereocenters. The van der Waals surface area contributed by atoms with Gasteiger partial charge in [-0.25, -0.2) is 8.78 Å². The van der Waals surface area contributed by atoms with E-state index in [4.69, 9.17) is 9.47 Å². The van der Waals surface area contributed by atoms with Crippen LogP contribution in [0.4, 0.5) is 14.5 Å². The third-order valence-electron chi connectivity index (χ3n) is 5.40. The van der Waals surface area contributed by atoms with Gasteiger partial charge in [0.25, 0.3) is 11.7 Å². The molecular formula is C25H19F2NO5. The fourth-order valence-electron chi connectivity index (χ4n) is 3.81. The monoisotopic (exact) mass is 451 g/mol. The molecular weight excluding hydrogens is 432 g/mol. The van der Waals surface area contributed by atoms with Crippen LogP contribution < -0.4 is 14.4 Å². The van der Waals surface area contributed by atoms with Crippen LogP contribution in [0.2, 0.25) is 0 Å². The minimum Gasteiger partial charge on any atom is -0.507 e. The van der Waals surface area contributed by atoms with Crippen LogP contribution in [0.25, 0.3) is 5.76 Å². The molecule has 4 rings (SSSR count). The Morgan fingerprint density at radius 2 is 1.52 bits per heavy atom. The van der Waals surface area contributed by atoms with Crippen LogP contribution in [-0.2, 0) is 9.59 Å². The number of carbonyl (C=O) groups is 2. The Hall–Kier alpha value is -4.20. The Morgan fingerprint density at radius 3 is 2.12 bits per heavy atom. The lowest BCUT2D eigenvalue weighted by atomic mass is 9.94. The van der Waals surface area contributed by atoms with Crippen LogP contribution in [0.5, 0.6) is 11.5 Å². The van der Waals surface area contributed by atoms with Crippen LogP contribution in [0.3, 0.4) is 0 Å². The zero-order valence-electron chi connectivity index (χ0n) is 17.7. The summed E-state index contributed by atoms with van der Waals surface area (Å²) >= 11 is 0. The number of methoxy groups -OCH3 is 2. The number of anilines is 1. The highest BCUT2D eigenvalue weighted by molar-refractivity contribution is 6.51. The maximum atomic E-state index is 14.0. The number of aliphatic hydroxyl groups is 1. The van der Waals surface area contributed by atoms with E-state index in [0.717, 1.165) is 12.1 Å². The summed E-state index contributed by atoms with van der Waals surface area (Å²) in [7, 11) is 2.82. The molecule has 8 heteroatoms. The van der Waals surface area contributed by atoms with Crippen molar-refractivity contribution in [3.8, 4) is 11.5 Å². The average Bonchev–Trinajstić information content (AvgIpc) is 3.09. The summed E-state index contributed by atoms with van der Waals surface area (Å²) in [6.07, 6.45) is 0. The van der Waals surface area contributed by atoms with Gasteiger partial charge in [0.15, 0.2) is 0 Å². The van der Waals surface area contributed by atoms with Gasteiger partial charge < -0.3 is 14.6 Å². The summed E-state index contributed by atoms with van der Waals surface area (Å²) in [5.74, 6) is -2.99. The second-order valence-corrected chi connectivity index (χ2v) is 7.26. The van der Waals surface area contributed by atoms with Gasteiger partial charge >= 0.3 is 0 Å². The molecule has 1 N–H and O–H groups in total. The lowest BCUT2D eigenvalue weighted by Crippen LogP contribution is -2.29. The van der Waals surface area contributed by atoms with Gasteiger partial charge in [0.1, 0.15) is 28.9 Å². The number of nitrogens with zero attached hydrogens (tertiary/aromatic N) is 1. The number of Topliss-reactive ketones (excluding diaryl/α,β-unsaturated/α-hetero) is 1. The molecule has 0 radical (unpaired) electrons. The molecule has 1 aliphatic rings. The fourth-order valence-corrected chi connectivity index (χ4v) is 3.81. The normalized spacial score (nSPS) is 17.3. The summed E-state index contributed by atoms with van der Waals surface area (Å²) in [5, 5.41) is 11.1. The highest BCUT2D eigenvalue weighted by Gasteiger charge is 2.47. The Balaban J connectivity index is 1.96. The number of ether oxygens (including phenoxy) is 2. The molecule has 1 aliphatic heterocycles. The molecule has 0 bridgehead atoms. The fraction of sp³-hybridized carbons (Fsp3) is 0.120. The first-order chi connectivity index (χ1) is 15.8. The Morgan fingerprint density at radius 1 is 0.879 bits per heavy atom. The lowest BCUT2D eigenvalue weighted by Gasteiger charge is -2.25. The first kappa shape index (κ1) is 22.0. The van der Waals surface area contributed by atoms with Gasteiger partial charge in [0, 0.05) is 5.69 Å². The van der Waals surface area contributed by atoms with E-state index in [2.05, 4.69) is 0 Å². The highest BCUT2D eigenvalue weighted by atomic mass is 19.1. The van der Waals surface area contributed by atoms with Crippen molar-refractivity contribution in [3.05, 3.63) is 95.1 Å². The van der Waals surface area contributed by atoms with E-state index in [1.807, 2.05) is 0 Å². The van der Waals surface area contributed by atoms with E-state index in [9.17, 15) is 23.5 Å². The van der Waals surface area contributed by atoms with E-state index in [1.165, 1.54) is 49.5 Å². The Labute approximate surface area is 188 Å². The quantitative estimate of drug-likeness (QED) is 0.348. The lowest BCUT2D eigenvalue weighted by molar-refractivity contribution is -0.132. The van der Waals surface area contributed by atoms with Crippen LogP contribution in [0.1, 0.15) is 17.2 Å². The van der Waals surface area contributed by atoms with Crippen LogP contribution >= 0.6 is 0 Å². The maximum absolute atomic E-state index is 14.0. The number of rotatable bonds is 5. The van der Waals surface area contributed by atoms with E-state index >= 15 is 0 Å². The van der Waals surface area contributed by atoms with E-state index in [-0.39, 0.29) is 16.9 Å². The number of carbonyl (C=O) groups excluding carboxylic acids is 2. The number of halogens is 2. The molecule has 3 aromatic rings. The Bertz CT molecular complexity index is 1250. The molecule has 1 fully saturated rings. The SMILES string of the molecule is COc1ccc(N2C(=O)C(=O)/C(=C(/O)c3cc(F)ccc3OC)C2c2ccc(F)cc2)cc1. The zero-order valence-corrected chi connectivity index (χ0v) is 17.7. The van der Waals surface area contributed by atoms with Gasteiger partial charge in [-0.15, -0.1) is 0 Å². The number of amides is 1. The van der Waals surface area contributed by atoms with Crippen molar-refractivity contribution < 1.29 is 33.0 Å². The minimum atomic E-state index is -1.09. The molecule has 1 amide bonds. The summed E-state index contributed by atoms with van der Waals surface area (Å²) in [5.41, 5.74) is 0.379. The van der Waals surface area contributed by atoms with Crippen molar-refractivity contribution in [3.63, 3.8) is 0 Å². The van der Waals surface area contributed by atoms with Gasteiger partial charge in [-0.2, -0.15) is 0 Å². The third kappa shape index (κ3) is 3.91. The van der Waals surface area contributed by atoms with Crippen LogP contribution in [0, 0.1) is 11.6 Å². The molecule has 3 aromatic carbocycles. The van der Waals surface area contributed by atoms with E-state index < -0.39 is 35.1 Å². The number of aliphatic hydroxyl groups excluding tert-OH is 1. The van der Waals surface area contributed by atoms with Crippen molar-refractivity contribution in [2.75, 3.05) is 19.1 Å². The Kier molecular flexibility index (Phi) is 5.83. The molecule has 168 valence electrons. The number of hydrogen-bond donors (Lipinski definition) is 1. The van der Waals surface area contributed by atoms with Crippen molar-refractivity contribution >= 4 is 23.1 Å². The third-order valence-corrected chi connectivity index (χ3v) is 5.40. The molecule has 0 saturated carbocycles. The topological polar surface area (TPSA) is 76.1 Å². The number of ketones is 1. The smallest absolute Gasteiger partial charge is 0.300 e. The van der Waals surface area contributed by atoms with Gasteiger partial charge in [-0.3, -0.25) is 14.5 Å². The van der Waals surface area contributed by atoms with Crippen LogP contribution in [-0.4, -0.2) is 31.0 Å². The van der Waals surface area contributed by atoms with Crippen molar-refractivity contribution in [2.24, 2.45) is 0 Å². The second-order valence-electron chi connectivity index (χ2n) is 7.26. The van der Waals surface area contributed by atoms with E-state index in [0.29, 0.717) is 17.0 Å². The molecule has 0 aromatic heterocycles. The summed E-state index contributed by atoms with van der Waals surface area (Å²) in [4.78, 5) is 27.4. The number of hydrogen-bond acceptors (Lipinski definition) is 5. The molecule has 6 nitrogen and oxygen atoms in total. The predicted octanol–water partition coefficient (Wildman–Crippen LogP) is 4.61. The van der Waals surface area contributed by atoms with E-state index in [1.54, 1.807) is 24.3 Å². The van der Waals surface area contributed by atoms with Gasteiger partial charge in [-0.1, -0.05) is 12.1 Å². The zero-order chi connectivity index (χ0) is 23.7. The molecule has 0 aliphatic carbocycles. The molecule has 33 heavy (non-hydrogen) atoms. The minimum absolute atomic E-state index is 0.0858. The predicted molar refractivity (Wildman–Crippen MR) is 117 cm³/mol. The standard InChI is InChI=1S/C25H19F2NO5/c1-32-18-10-8-17(9-11-18)28-22(14-3-5-15(26)6-4-14)21(24(30)25(28)31)23(29)19-13-16(27)7-12-20(19)33-2/h3-13,22,29H,1-2H3/b23-21+. The average molecular weight is 451 g/mol.